The summed E-state index contributed by atoms with van der Waals surface area (Å²) in [6, 6.07) is 11.6. The summed E-state index contributed by atoms with van der Waals surface area (Å²) in [4.78, 5) is 16.0. The van der Waals surface area contributed by atoms with E-state index in [0.717, 1.165) is 61.7 Å². The third kappa shape index (κ3) is 5.78. The van der Waals surface area contributed by atoms with Crippen molar-refractivity contribution in [2.75, 3.05) is 31.7 Å². The van der Waals surface area contributed by atoms with Crippen LogP contribution in [0.2, 0.25) is 5.02 Å². The Morgan fingerprint density at radius 2 is 1.95 bits per heavy atom. The van der Waals surface area contributed by atoms with Crippen molar-refractivity contribution >= 4 is 33.2 Å². The van der Waals surface area contributed by atoms with Gasteiger partial charge >= 0.3 is 0 Å². The minimum absolute atomic E-state index is 0.0101. The number of benzene rings is 2. The summed E-state index contributed by atoms with van der Waals surface area (Å²) in [6.45, 7) is 7.92. The van der Waals surface area contributed by atoms with Gasteiger partial charge in [-0.1, -0.05) is 50.6 Å². The number of carbonyl (C=O) groups is 1. The van der Waals surface area contributed by atoms with E-state index >= 15 is 0 Å². The molecular formula is C35H45ClN2O5S. The van der Waals surface area contributed by atoms with Crippen molar-refractivity contribution in [3.8, 4) is 5.75 Å². The highest BCUT2D eigenvalue weighted by molar-refractivity contribution is 7.90. The molecule has 0 unspecified atom stereocenters. The highest BCUT2D eigenvalue weighted by atomic mass is 35.5. The first-order valence-electron chi connectivity index (χ1n) is 16.1. The lowest BCUT2D eigenvalue weighted by Crippen LogP contribution is -2.49. The van der Waals surface area contributed by atoms with E-state index in [4.69, 9.17) is 21.1 Å². The quantitative estimate of drug-likeness (QED) is 0.376. The van der Waals surface area contributed by atoms with Crippen molar-refractivity contribution in [3.05, 3.63) is 70.3 Å². The van der Waals surface area contributed by atoms with Crippen LogP contribution < -0.4 is 14.4 Å². The largest absolute Gasteiger partial charge is 0.490 e. The number of allylic oxidation sites excluding steroid dienone is 1. The van der Waals surface area contributed by atoms with Crippen molar-refractivity contribution < 1.29 is 22.7 Å². The van der Waals surface area contributed by atoms with E-state index in [2.05, 4.69) is 33.9 Å². The molecule has 0 aromatic heterocycles. The van der Waals surface area contributed by atoms with Gasteiger partial charge in [0, 0.05) is 36.2 Å². The Morgan fingerprint density at radius 1 is 1.14 bits per heavy atom. The van der Waals surface area contributed by atoms with E-state index in [-0.39, 0.29) is 23.4 Å². The molecule has 0 radical (unpaired) electrons. The smallest absolute Gasteiger partial charge is 0.264 e. The number of ether oxygens (including phenoxy) is 2. The van der Waals surface area contributed by atoms with Crippen molar-refractivity contribution in [2.45, 2.75) is 76.1 Å². The summed E-state index contributed by atoms with van der Waals surface area (Å²) in [5, 5.41) is 0.0380. The average Bonchev–Trinajstić information content (AvgIpc) is 3.13. The fraction of sp³-hybridized carbons (Fsp3) is 0.571. The fourth-order valence-corrected chi connectivity index (χ4v) is 10.1. The van der Waals surface area contributed by atoms with Gasteiger partial charge in [-0.25, -0.2) is 13.1 Å². The van der Waals surface area contributed by atoms with Crippen LogP contribution in [-0.4, -0.2) is 52.5 Å². The normalized spacial score (nSPS) is 34.0. The Bertz CT molecular complexity index is 1540. The number of sulfonamides is 1. The lowest BCUT2D eigenvalue weighted by Gasteiger charge is -2.46. The molecule has 2 aliphatic heterocycles. The number of nitrogens with one attached hydrogen (secondary N) is 1. The number of anilines is 1. The lowest BCUT2D eigenvalue weighted by molar-refractivity contribution is 0.0129. The number of methoxy groups -OCH3 is 1. The molecule has 7 nitrogen and oxygen atoms in total. The van der Waals surface area contributed by atoms with Gasteiger partial charge in [-0.15, -0.1) is 0 Å². The number of fused-ring (bicyclic) bond motifs is 4. The Morgan fingerprint density at radius 3 is 2.68 bits per heavy atom. The maximum atomic E-state index is 13.6. The van der Waals surface area contributed by atoms with Crippen LogP contribution in [0.25, 0.3) is 0 Å². The first-order chi connectivity index (χ1) is 21.0. The average molecular weight is 641 g/mol. The summed E-state index contributed by atoms with van der Waals surface area (Å²) in [5.41, 5.74) is 3.48. The van der Waals surface area contributed by atoms with Crippen LogP contribution in [0, 0.1) is 23.7 Å². The van der Waals surface area contributed by atoms with E-state index in [9.17, 15) is 13.2 Å². The summed E-state index contributed by atoms with van der Waals surface area (Å²) >= 11 is 6.42. The first kappa shape index (κ1) is 31.4. The molecule has 238 valence electrons. The molecular weight excluding hydrogens is 596 g/mol. The summed E-state index contributed by atoms with van der Waals surface area (Å²) < 4.78 is 42.2. The Kier molecular flexibility index (Phi) is 8.81. The van der Waals surface area contributed by atoms with Gasteiger partial charge in [0.25, 0.3) is 5.91 Å². The molecule has 2 aromatic carbocycles. The van der Waals surface area contributed by atoms with Crippen LogP contribution >= 0.6 is 11.6 Å². The molecule has 1 amide bonds. The Balaban J connectivity index is 1.44. The van der Waals surface area contributed by atoms with E-state index in [1.54, 1.807) is 13.2 Å². The fourth-order valence-electron chi connectivity index (χ4n) is 8.12. The van der Waals surface area contributed by atoms with E-state index in [0.29, 0.717) is 30.4 Å². The van der Waals surface area contributed by atoms with Crippen LogP contribution in [0.1, 0.15) is 74.4 Å². The molecule has 7 atom stereocenters. The molecule has 2 heterocycles. The third-order valence-electron chi connectivity index (χ3n) is 11.0. The second-order valence-corrected chi connectivity index (χ2v) is 15.9. The zero-order valence-electron chi connectivity index (χ0n) is 26.2. The van der Waals surface area contributed by atoms with Gasteiger partial charge in [-0.05, 0) is 104 Å². The number of hydrogen-bond acceptors (Lipinski definition) is 6. The van der Waals surface area contributed by atoms with Crippen molar-refractivity contribution in [1.29, 1.82) is 0 Å². The van der Waals surface area contributed by atoms with E-state index < -0.39 is 21.2 Å². The van der Waals surface area contributed by atoms with Gasteiger partial charge in [-0.3, -0.25) is 4.79 Å². The Hall–Kier alpha value is -2.55. The van der Waals surface area contributed by atoms with E-state index in [1.807, 2.05) is 39.0 Å². The lowest BCUT2D eigenvalue weighted by atomic mass is 9.68. The molecule has 2 bridgehead atoms. The zero-order chi connectivity index (χ0) is 31.2. The maximum Gasteiger partial charge on any atom is 0.264 e. The number of amides is 1. The second-order valence-electron chi connectivity index (χ2n) is 13.5. The summed E-state index contributed by atoms with van der Waals surface area (Å²) in [6.07, 6.45) is 9.82. The van der Waals surface area contributed by atoms with Gasteiger partial charge in [-0.2, -0.15) is 0 Å². The predicted octanol–water partition coefficient (Wildman–Crippen LogP) is 6.53. The molecule has 9 heteroatoms. The monoisotopic (exact) mass is 640 g/mol. The van der Waals surface area contributed by atoms with Gasteiger partial charge in [0.15, 0.2) is 0 Å². The number of nitrogens with zero attached hydrogens (tertiary/aromatic N) is 1. The van der Waals surface area contributed by atoms with E-state index in [1.165, 1.54) is 11.1 Å². The predicted molar refractivity (Wildman–Crippen MR) is 175 cm³/mol. The molecule has 1 fully saturated rings. The minimum atomic E-state index is -3.93. The zero-order valence-corrected chi connectivity index (χ0v) is 27.8. The molecule has 44 heavy (non-hydrogen) atoms. The molecule has 6 rings (SSSR count). The summed E-state index contributed by atoms with van der Waals surface area (Å²) in [5.74, 6) is 0.670. The molecule has 2 aliphatic carbocycles. The topological polar surface area (TPSA) is 84.9 Å². The van der Waals surface area contributed by atoms with Gasteiger partial charge in [0.1, 0.15) is 5.75 Å². The molecule has 0 saturated heterocycles. The third-order valence-corrected chi connectivity index (χ3v) is 13.2. The molecule has 2 aromatic rings. The van der Waals surface area contributed by atoms with Crippen LogP contribution in [0.4, 0.5) is 5.69 Å². The van der Waals surface area contributed by atoms with Crippen molar-refractivity contribution in [3.63, 3.8) is 0 Å². The van der Waals surface area contributed by atoms with Gasteiger partial charge < -0.3 is 14.4 Å². The molecule has 4 aliphatic rings. The number of hydrogen-bond donors (Lipinski definition) is 1. The molecule has 1 saturated carbocycles. The maximum absolute atomic E-state index is 13.6. The van der Waals surface area contributed by atoms with Crippen molar-refractivity contribution in [1.82, 2.24) is 4.72 Å². The number of halogens is 1. The van der Waals surface area contributed by atoms with Crippen LogP contribution in [0.15, 0.2) is 48.6 Å². The van der Waals surface area contributed by atoms with Gasteiger partial charge in [0.05, 0.1) is 23.6 Å². The number of carbonyl (C=O) groups excluding carboxylic acids is 1. The molecule has 1 N–H and O–H groups in total. The van der Waals surface area contributed by atoms with Crippen LogP contribution in [0.3, 0.4) is 0 Å². The minimum Gasteiger partial charge on any atom is -0.490 e. The standard InChI is InChI=1S/C35H45ClN2O5S/c1-5-33-23(3)22(2)8-14-31(42-4)28-12-9-26(28)19-38-20-35(16-6-7-24-17-27(36)11-13-29(24)35)21-43-32-15-10-25(18-30(32)38)34(39)37-44(33,40)41/h8,10-11,13-15,17-18,22-23,26,28,31,33H,5-7,9,12,16,19-21H2,1-4H3,(H,37,39)/b14-8-/t22-,23+,26-,28+,31-,33-,35-/m0/s1. The highest BCUT2D eigenvalue weighted by Crippen LogP contribution is 2.47. The second kappa shape index (κ2) is 12.3. The van der Waals surface area contributed by atoms with Crippen LogP contribution in [0.5, 0.6) is 5.75 Å². The Labute approximate surface area is 267 Å². The SMILES string of the molecule is CC[C@H]1[C@H](C)[C@@H](C)/C=C\[C@H](OC)[C@@H]2CC[C@H]2CN2C[C@@]3(CCCc4cc(Cl)ccc43)COc3ccc(cc32)C(=O)NS1(=O)=O. The number of rotatable bonds is 2. The van der Waals surface area contributed by atoms with Crippen LogP contribution in [-0.2, 0) is 26.6 Å². The highest BCUT2D eigenvalue weighted by Gasteiger charge is 2.44. The van der Waals surface area contributed by atoms with Crippen molar-refractivity contribution in [2.24, 2.45) is 23.7 Å². The number of aryl methyl sites for hydroxylation is 1. The summed E-state index contributed by atoms with van der Waals surface area (Å²) in [7, 11) is -2.16. The van der Waals surface area contributed by atoms with Gasteiger partial charge in [0.2, 0.25) is 10.0 Å². The molecule has 1 spiro atoms. The first-order valence-corrected chi connectivity index (χ1v) is 18.1.